The summed E-state index contributed by atoms with van der Waals surface area (Å²) in [4.78, 5) is 18.6. The predicted octanol–water partition coefficient (Wildman–Crippen LogP) is 6.03. The third-order valence-electron chi connectivity index (χ3n) is 10.4. The monoisotopic (exact) mass is 562 g/mol. The number of carbonyl (C=O) groups is 1. The number of β-amino-alcohol motifs (C(OH)–C–C–N with tert-alkyl or cyclic N) is 1. The minimum Gasteiger partial charge on any atom is -0.487 e. The van der Waals surface area contributed by atoms with Crippen LogP contribution in [0.5, 0.6) is 5.75 Å². The van der Waals surface area contributed by atoms with Crippen LogP contribution in [0, 0.1) is 11.8 Å². The van der Waals surface area contributed by atoms with Crippen molar-refractivity contribution in [2.45, 2.75) is 69.2 Å². The van der Waals surface area contributed by atoms with Crippen LogP contribution in [0.2, 0.25) is 0 Å². The number of piperidine rings is 1. The molecule has 6 atom stereocenters. The topological polar surface area (TPSA) is 53.0 Å². The van der Waals surface area contributed by atoms with E-state index >= 15 is 0 Å². The first kappa shape index (κ1) is 27.4. The molecule has 4 aliphatic rings. The molecule has 42 heavy (non-hydrogen) atoms. The van der Waals surface area contributed by atoms with Crippen molar-refractivity contribution < 1.29 is 14.6 Å². The summed E-state index contributed by atoms with van der Waals surface area (Å²) in [6, 6.07) is 27.1. The molecule has 2 aliphatic heterocycles. The summed E-state index contributed by atoms with van der Waals surface area (Å²) in [6.07, 6.45) is 7.12. The van der Waals surface area contributed by atoms with E-state index in [2.05, 4.69) is 41.8 Å². The first-order valence-corrected chi connectivity index (χ1v) is 15.8. The van der Waals surface area contributed by atoms with Crippen LogP contribution >= 0.6 is 0 Å². The van der Waals surface area contributed by atoms with Gasteiger partial charge in [0, 0.05) is 36.2 Å². The number of ether oxygens (including phenoxy) is 1. The van der Waals surface area contributed by atoms with Crippen LogP contribution in [0.3, 0.4) is 0 Å². The van der Waals surface area contributed by atoms with Gasteiger partial charge in [-0.2, -0.15) is 0 Å². The summed E-state index contributed by atoms with van der Waals surface area (Å²) < 4.78 is 6.97. The number of aliphatic hydroxyl groups is 1. The predicted molar refractivity (Wildman–Crippen MR) is 166 cm³/mol. The number of hydrogen-bond acceptors (Lipinski definition) is 4. The van der Waals surface area contributed by atoms with Crippen LogP contribution in [0.15, 0.2) is 84.9 Å². The van der Waals surface area contributed by atoms with Gasteiger partial charge in [-0.3, -0.25) is 9.69 Å². The van der Waals surface area contributed by atoms with E-state index in [1.54, 1.807) is 6.08 Å². The summed E-state index contributed by atoms with van der Waals surface area (Å²) in [7, 11) is 0. The molecule has 0 aromatic heterocycles. The van der Waals surface area contributed by atoms with E-state index in [9.17, 15) is 9.90 Å². The fourth-order valence-corrected chi connectivity index (χ4v) is 8.73. The van der Waals surface area contributed by atoms with Crippen molar-refractivity contribution in [3.05, 3.63) is 107 Å². The second-order valence-electron chi connectivity index (χ2n) is 13.2. The smallest absolute Gasteiger partial charge is 0.246 e. The molecule has 5 heteroatoms. The molecule has 3 aromatic rings. The van der Waals surface area contributed by atoms with Crippen LogP contribution in [0.25, 0.3) is 6.08 Å². The minimum atomic E-state index is -0.504. The van der Waals surface area contributed by atoms with Gasteiger partial charge in [0.25, 0.3) is 0 Å². The molecule has 1 spiro atoms. The molecule has 1 N–H and O–H groups in total. The van der Waals surface area contributed by atoms with E-state index in [0.29, 0.717) is 31.0 Å². The molecule has 1 saturated carbocycles. The summed E-state index contributed by atoms with van der Waals surface area (Å²) >= 11 is 0. The zero-order valence-corrected chi connectivity index (χ0v) is 24.7. The van der Waals surface area contributed by atoms with Crippen LogP contribution in [-0.2, 0) is 16.6 Å². The largest absolute Gasteiger partial charge is 0.487 e. The lowest BCUT2D eigenvalue weighted by atomic mass is 9.51. The molecule has 1 amide bonds. The molecule has 218 valence electrons. The summed E-state index contributed by atoms with van der Waals surface area (Å²) in [5.41, 5.74) is 4.73. The highest BCUT2D eigenvalue weighted by Crippen LogP contribution is 2.62. The van der Waals surface area contributed by atoms with Gasteiger partial charge in [0.2, 0.25) is 5.91 Å². The molecular weight excluding hydrogens is 520 g/mol. The van der Waals surface area contributed by atoms with Crippen molar-refractivity contribution in [2.75, 3.05) is 19.6 Å². The Balaban J connectivity index is 1.21. The maximum absolute atomic E-state index is 13.9. The first-order chi connectivity index (χ1) is 20.5. The summed E-state index contributed by atoms with van der Waals surface area (Å²) in [5.74, 6) is 1.90. The van der Waals surface area contributed by atoms with E-state index in [0.717, 1.165) is 49.1 Å². The second kappa shape index (κ2) is 11.0. The number of aliphatic hydroxyl groups excluding tert-OH is 1. The average molecular weight is 563 g/mol. The number of carbonyl (C=O) groups excluding carboxylic acids is 1. The molecule has 0 radical (unpaired) electrons. The maximum atomic E-state index is 13.9. The third-order valence-corrected chi connectivity index (χ3v) is 10.4. The molecule has 7 rings (SSSR count). The standard InChI is InChI=1S/C37H42N2O3/c1-25(2)23-39(34(41)19-16-26-10-5-3-6-11-26)30-18-17-29-31-22-28-14-9-15-33-35(28)37(29,36(30)42-33)20-21-38(31)24-32(40)27-12-7-4-8-13-27/h3-16,19,25,29-32,36,40H,17-18,20-24H2,1-2H3/t29-,30+,31+,32?,36-,37-/m0/s1. The van der Waals surface area contributed by atoms with Crippen molar-refractivity contribution in [3.8, 4) is 5.75 Å². The Morgan fingerprint density at radius 2 is 1.81 bits per heavy atom. The molecule has 2 aliphatic carbocycles. The molecular formula is C37H42N2O3. The van der Waals surface area contributed by atoms with E-state index in [1.807, 2.05) is 66.7 Å². The lowest BCUT2D eigenvalue weighted by Crippen LogP contribution is -2.69. The fraction of sp³-hybridized carbons (Fsp3) is 0.432. The van der Waals surface area contributed by atoms with Crippen LogP contribution in [0.4, 0.5) is 0 Å². The highest BCUT2D eigenvalue weighted by molar-refractivity contribution is 5.92. The van der Waals surface area contributed by atoms with E-state index in [-0.39, 0.29) is 23.5 Å². The van der Waals surface area contributed by atoms with Gasteiger partial charge in [0.1, 0.15) is 11.9 Å². The van der Waals surface area contributed by atoms with Crippen LogP contribution in [0.1, 0.15) is 61.5 Å². The van der Waals surface area contributed by atoms with E-state index in [1.165, 1.54) is 11.1 Å². The average Bonchev–Trinajstić information content (AvgIpc) is 3.35. The highest BCUT2D eigenvalue weighted by atomic mass is 16.5. The van der Waals surface area contributed by atoms with E-state index < -0.39 is 6.10 Å². The molecule has 5 nitrogen and oxygen atoms in total. The van der Waals surface area contributed by atoms with Gasteiger partial charge in [-0.25, -0.2) is 0 Å². The van der Waals surface area contributed by atoms with Gasteiger partial charge < -0.3 is 14.7 Å². The van der Waals surface area contributed by atoms with Crippen molar-refractivity contribution in [1.29, 1.82) is 0 Å². The minimum absolute atomic E-state index is 0.0250. The van der Waals surface area contributed by atoms with Gasteiger partial charge in [-0.05, 0) is 72.9 Å². The van der Waals surface area contributed by atoms with Gasteiger partial charge in [-0.15, -0.1) is 0 Å². The molecule has 2 heterocycles. The van der Waals surface area contributed by atoms with Crippen LogP contribution < -0.4 is 4.74 Å². The fourth-order valence-electron chi connectivity index (χ4n) is 8.73. The highest BCUT2D eigenvalue weighted by Gasteiger charge is 2.66. The zero-order chi connectivity index (χ0) is 28.8. The third kappa shape index (κ3) is 4.58. The quantitative estimate of drug-likeness (QED) is 0.341. The van der Waals surface area contributed by atoms with Gasteiger partial charge in [-0.1, -0.05) is 86.6 Å². The van der Waals surface area contributed by atoms with Gasteiger partial charge in [0.05, 0.1) is 12.1 Å². The number of nitrogens with zero attached hydrogens (tertiary/aromatic N) is 2. The van der Waals surface area contributed by atoms with Crippen molar-refractivity contribution in [2.24, 2.45) is 11.8 Å². The Morgan fingerprint density at radius 1 is 1.05 bits per heavy atom. The maximum Gasteiger partial charge on any atom is 0.246 e. The Bertz CT molecular complexity index is 1450. The first-order valence-electron chi connectivity index (χ1n) is 15.8. The molecule has 1 saturated heterocycles. The lowest BCUT2D eigenvalue weighted by molar-refractivity contribution is -0.139. The normalized spacial score (nSPS) is 28.4. The molecule has 3 aromatic carbocycles. The zero-order valence-electron chi connectivity index (χ0n) is 24.7. The Labute approximate surface area is 249 Å². The van der Waals surface area contributed by atoms with Crippen molar-refractivity contribution in [1.82, 2.24) is 9.80 Å². The van der Waals surface area contributed by atoms with Crippen LogP contribution in [-0.4, -0.2) is 58.6 Å². The summed E-state index contributed by atoms with van der Waals surface area (Å²) in [6.45, 7) is 6.68. The Morgan fingerprint density at radius 3 is 2.57 bits per heavy atom. The number of likely N-dealkylation sites (tertiary alicyclic amines) is 1. The van der Waals surface area contributed by atoms with Gasteiger partial charge in [0.15, 0.2) is 0 Å². The molecule has 2 fully saturated rings. The van der Waals surface area contributed by atoms with E-state index in [4.69, 9.17) is 4.74 Å². The SMILES string of the molecule is CC(C)CN(C(=O)C=Cc1ccccc1)[C@@H]1CC[C@H]2[C@H]3Cc4cccc5c4[C@@]2(CCN3CC(O)c2ccccc2)[C@H]1O5. The number of benzene rings is 3. The van der Waals surface area contributed by atoms with Gasteiger partial charge >= 0.3 is 0 Å². The number of rotatable bonds is 8. The second-order valence-corrected chi connectivity index (χ2v) is 13.2. The number of amides is 1. The van der Waals surface area contributed by atoms with Crippen molar-refractivity contribution >= 4 is 12.0 Å². The lowest BCUT2D eigenvalue weighted by Gasteiger charge is -2.60. The molecule has 2 bridgehead atoms. The molecule has 1 unspecified atom stereocenters. The summed E-state index contributed by atoms with van der Waals surface area (Å²) in [5, 5.41) is 11.2. The Hall–Kier alpha value is -3.41. The Kier molecular flexibility index (Phi) is 7.19. The number of hydrogen-bond donors (Lipinski definition) is 1. The van der Waals surface area contributed by atoms with Crippen molar-refractivity contribution in [3.63, 3.8) is 0 Å².